The number of halogens is 1. The Kier molecular flexibility index (Phi) is 3.36. The molecule has 0 bridgehead atoms. The molecule has 4 rings (SSSR count). The Labute approximate surface area is 142 Å². The molecule has 0 radical (unpaired) electrons. The van der Waals surface area contributed by atoms with Crippen LogP contribution in [-0.4, -0.2) is 19.7 Å². The second kappa shape index (κ2) is 5.29. The maximum Gasteiger partial charge on any atom is 0.223 e. The number of hydrogen-bond donors (Lipinski definition) is 0. The lowest BCUT2D eigenvalue weighted by Crippen LogP contribution is -2.45. The second-order valence-corrected chi connectivity index (χ2v) is 7.48. The van der Waals surface area contributed by atoms with Gasteiger partial charge in [-0.05, 0) is 41.8 Å². The van der Waals surface area contributed by atoms with E-state index in [0.29, 0.717) is 12.3 Å². The van der Waals surface area contributed by atoms with Crippen molar-refractivity contribution in [2.75, 3.05) is 0 Å². The molecule has 1 fully saturated rings. The summed E-state index contributed by atoms with van der Waals surface area (Å²) in [4.78, 5) is 8.63. The third-order valence-corrected chi connectivity index (χ3v) is 5.56. The molecule has 0 saturated heterocycles. The summed E-state index contributed by atoms with van der Waals surface area (Å²) in [5.74, 6) is 0.633. The highest BCUT2D eigenvalue weighted by Crippen LogP contribution is 2.46. The highest BCUT2D eigenvalue weighted by atomic mass is 35.5. The average molecular weight is 344 g/mol. The molecule has 0 unspecified atom stereocenters. The van der Waals surface area contributed by atoms with Crippen molar-refractivity contribution in [1.82, 2.24) is 19.7 Å². The number of nitrogens with zero attached hydrogens (tertiary/aromatic N) is 5. The van der Waals surface area contributed by atoms with Crippen LogP contribution in [0.3, 0.4) is 0 Å². The summed E-state index contributed by atoms with van der Waals surface area (Å²) in [5, 5.41) is 15.9. The zero-order chi connectivity index (χ0) is 16.0. The summed E-state index contributed by atoms with van der Waals surface area (Å²) in [6.45, 7) is 2.21. The van der Waals surface area contributed by atoms with Gasteiger partial charge in [-0.1, -0.05) is 6.92 Å². The molecule has 23 heavy (non-hydrogen) atoms. The van der Waals surface area contributed by atoms with Crippen LogP contribution < -0.4 is 0 Å². The predicted molar refractivity (Wildman–Crippen MR) is 90.2 cm³/mol. The van der Waals surface area contributed by atoms with Gasteiger partial charge in [0.2, 0.25) is 5.28 Å². The molecule has 116 valence electrons. The quantitative estimate of drug-likeness (QED) is 0.667. The van der Waals surface area contributed by atoms with E-state index in [0.717, 1.165) is 34.3 Å². The third-order valence-electron chi connectivity index (χ3n) is 4.48. The first-order valence-corrected chi connectivity index (χ1v) is 8.70. The molecule has 1 aliphatic carbocycles. The monoisotopic (exact) mass is 343 g/mol. The molecule has 0 amide bonds. The van der Waals surface area contributed by atoms with Gasteiger partial charge in [-0.2, -0.15) is 10.4 Å². The van der Waals surface area contributed by atoms with Crippen molar-refractivity contribution >= 4 is 33.2 Å². The maximum absolute atomic E-state index is 9.16. The number of fused-ring (bicyclic) bond motifs is 1. The Morgan fingerprint density at radius 3 is 3.04 bits per heavy atom. The van der Waals surface area contributed by atoms with Crippen LogP contribution in [0.2, 0.25) is 5.28 Å². The molecule has 3 aromatic rings. The highest BCUT2D eigenvalue weighted by molar-refractivity contribution is 7.17. The fourth-order valence-corrected chi connectivity index (χ4v) is 4.55. The first-order chi connectivity index (χ1) is 11.1. The Balaban J connectivity index is 1.78. The second-order valence-electron chi connectivity index (χ2n) is 6.22. The minimum absolute atomic E-state index is 0.169. The average Bonchev–Trinajstić information content (AvgIpc) is 3.13. The molecule has 1 saturated carbocycles. The van der Waals surface area contributed by atoms with Crippen LogP contribution in [0, 0.1) is 17.2 Å². The smallest absolute Gasteiger partial charge is 0.223 e. The SMILES string of the molecule is CC1CC(CC#N)(n2cc(-c3nc(Cl)nc4ccsc34)cn2)C1. The fourth-order valence-electron chi connectivity index (χ4n) is 3.53. The van der Waals surface area contributed by atoms with Crippen molar-refractivity contribution < 1.29 is 0 Å². The van der Waals surface area contributed by atoms with Crippen molar-refractivity contribution in [3.05, 3.63) is 29.1 Å². The van der Waals surface area contributed by atoms with E-state index in [1.54, 1.807) is 17.5 Å². The fraction of sp³-hybridized carbons (Fsp3) is 0.375. The van der Waals surface area contributed by atoms with Crippen molar-refractivity contribution in [3.63, 3.8) is 0 Å². The predicted octanol–water partition coefficient (Wildman–Crippen LogP) is 4.25. The summed E-state index contributed by atoms with van der Waals surface area (Å²) in [7, 11) is 0. The molecule has 0 N–H and O–H groups in total. The van der Waals surface area contributed by atoms with Gasteiger partial charge < -0.3 is 0 Å². The molecule has 5 nitrogen and oxygen atoms in total. The summed E-state index contributed by atoms with van der Waals surface area (Å²) in [5.41, 5.74) is 2.40. The molecule has 3 heterocycles. The van der Waals surface area contributed by atoms with Crippen LogP contribution in [0.5, 0.6) is 0 Å². The lowest BCUT2D eigenvalue weighted by Gasteiger charge is -2.45. The number of aromatic nitrogens is 4. The van der Waals surface area contributed by atoms with Gasteiger partial charge in [-0.15, -0.1) is 11.3 Å². The largest absolute Gasteiger partial charge is 0.265 e. The van der Waals surface area contributed by atoms with Gasteiger partial charge in [0.15, 0.2) is 0 Å². The molecule has 0 aromatic carbocycles. The molecule has 0 atom stereocenters. The Bertz CT molecular complexity index is 916. The number of thiophene rings is 1. The van der Waals surface area contributed by atoms with E-state index >= 15 is 0 Å². The minimum atomic E-state index is -0.169. The highest BCUT2D eigenvalue weighted by Gasteiger charge is 2.44. The van der Waals surface area contributed by atoms with Crippen LogP contribution >= 0.6 is 22.9 Å². The van der Waals surface area contributed by atoms with Crippen molar-refractivity contribution in [2.24, 2.45) is 5.92 Å². The summed E-state index contributed by atoms with van der Waals surface area (Å²) in [6.07, 6.45) is 6.25. The summed E-state index contributed by atoms with van der Waals surface area (Å²) >= 11 is 7.64. The third kappa shape index (κ3) is 2.32. The lowest BCUT2D eigenvalue weighted by molar-refractivity contribution is 0.0682. The summed E-state index contributed by atoms with van der Waals surface area (Å²) < 4.78 is 2.95. The van der Waals surface area contributed by atoms with Gasteiger partial charge in [-0.25, -0.2) is 9.97 Å². The van der Waals surface area contributed by atoms with Gasteiger partial charge in [0.1, 0.15) is 0 Å². The van der Waals surface area contributed by atoms with Crippen LogP contribution in [0.25, 0.3) is 21.5 Å². The van der Waals surface area contributed by atoms with E-state index in [9.17, 15) is 0 Å². The van der Waals surface area contributed by atoms with Crippen LogP contribution in [-0.2, 0) is 5.54 Å². The molecule has 0 aliphatic heterocycles. The van der Waals surface area contributed by atoms with Gasteiger partial charge in [-0.3, -0.25) is 4.68 Å². The van der Waals surface area contributed by atoms with E-state index < -0.39 is 0 Å². The van der Waals surface area contributed by atoms with Crippen molar-refractivity contribution in [1.29, 1.82) is 5.26 Å². The first kappa shape index (κ1) is 14.6. The molecular weight excluding hydrogens is 330 g/mol. The van der Waals surface area contributed by atoms with Gasteiger partial charge >= 0.3 is 0 Å². The molecule has 1 aliphatic rings. The lowest BCUT2D eigenvalue weighted by atomic mass is 9.67. The molecule has 3 aromatic heterocycles. The summed E-state index contributed by atoms with van der Waals surface area (Å²) in [6, 6.07) is 4.24. The number of nitriles is 1. The molecule has 0 spiro atoms. The minimum Gasteiger partial charge on any atom is -0.265 e. The van der Waals surface area contributed by atoms with E-state index in [2.05, 4.69) is 28.1 Å². The zero-order valence-corrected chi connectivity index (χ0v) is 14.1. The van der Waals surface area contributed by atoms with Crippen LogP contribution in [0.15, 0.2) is 23.8 Å². The molecule has 7 heteroatoms. The van der Waals surface area contributed by atoms with E-state index in [4.69, 9.17) is 16.9 Å². The standard InChI is InChI=1S/C16H14ClN5S/c1-10-6-16(7-10,3-4-18)22-9-11(8-19-22)13-14-12(2-5-23-14)20-15(17)21-13/h2,5,8-10H,3,6-7H2,1H3. The zero-order valence-electron chi connectivity index (χ0n) is 12.5. The Hall–Kier alpha value is -1.97. The van der Waals surface area contributed by atoms with Crippen molar-refractivity contribution in [2.45, 2.75) is 31.7 Å². The van der Waals surface area contributed by atoms with Crippen LogP contribution in [0.4, 0.5) is 0 Å². The van der Waals surface area contributed by atoms with E-state index in [1.165, 1.54) is 0 Å². The normalized spacial score (nSPS) is 23.6. The van der Waals surface area contributed by atoms with Crippen molar-refractivity contribution in [3.8, 4) is 17.3 Å². The Morgan fingerprint density at radius 1 is 1.48 bits per heavy atom. The van der Waals surface area contributed by atoms with E-state index in [-0.39, 0.29) is 10.8 Å². The van der Waals surface area contributed by atoms with Gasteiger partial charge in [0.25, 0.3) is 0 Å². The van der Waals surface area contributed by atoms with Gasteiger partial charge in [0, 0.05) is 11.8 Å². The maximum atomic E-state index is 9.16. The Morgan fingerprint density at radius 2 is 2.30 bits per heavy atom. The topological polar surface area (TPSA) is 67.4 Å². The molecular formula is C16H14ClN5S. The van der Waals surface area contributed by atoms with E-state index in [1.807, 2.05) is 22.3 Å². The number of rotatable bonds is 3. The van der Waals surface area contributed by atoms with Crippen LogP contribution in [0.1, 0.15) is 26.2 Å². The van der Waals surface area contributed by atoms with Gasteiger partial charge in [0.05, 0.1) is 40.1 Å². The first-order valence-electron chi connectivity index (χ1n) is 7.44. The number of hydrogen-bond acceptors (Lipinski definition) is 5.